The predicted octanol–water partition coefficient (Wildman–Crippen LogP) is 14.3. The summed E-state index contributed by atoms with van der Waals surface area (Å²) in [4.78, 5) is 4.91. The number of allylic oxidation sites excluding steroid dienone is 1. The topological polar surface area (TPSA) is 40.8 Å². The van der Waals surface area contributed by atoms with Gasteiger partial charge in [0.15, 0.2) is 0 Å². The van der Waals surface area contributed by atoms with Gasteiger partial charge in [-0.25, -0.2) is 0 Å². The summed E-state index contributed by atoms with van der Waals surface area (Å²) in [5.74, 6) is 0.388. The molecule has 0 amide bonds. The molecule has 0 saturated heterocycles. The van der Waals surface area contributed by atoms with Gasteiger partial charge in [-0.15, -0.1) is 0 Å². The molecule has 0 saturated carbocycles. The van der Waals surface area contributed by atoms with Crippen LogP contribution in [0.2, 0.25) is 0 Å². The van der Waals surface area contributed by atoms with Crippen molar-refractivity contribution in [1.82, 2.24) is 18.7 Å². The maximum absolute atomic E-state index is 6.46. The van der Waals surface area contributed by atoms with E-state index in [0.29, 0.717) is 5.92 Å². The third-order valence-corrected chi connectivity index (χ3v) is 12.7. The minimum Gasteiger partial charge on any atom is -0.456 e. The molecular weight excluding hydrogens is 721 g/mol. The molecule has 1 atom stereocenters. The smallest absolute Gasteiger partial charge is 0.135 e. The van der Waals surface area contributed by atoms with Gasteiger partial charge < -0.3 is 18.1 Å². The summed E-state index contributed by atoms with van der Waals surface area (Å²) >= 11 is 0. The Morgan fingerprint density at radius 2 is 1.05 bits per heavy atom. The summed E-state index contributed by atoms with van der Waals surface area (Å²) in [5.41, 5.74) is 17.1. The predicted molar refractivity (Wildman–Crippen MR) is 245 cm³/mol. The fourth-order valence-electron chi connectivity index (χ4n) is 10.1. The van der Waals surface area contributed by atoms with Gasteiger partial charge in [0.05, 0.1) is 33.1 Å². The highest BCUT2D eigenvalue weighted by atomic mass is 16.3. The highest BCUT2D eigenvalue weighted by Gasteiger charge is 2.25. The number of aromatic nitrogens is 4. The highest BCUT2D eigenvalue weighted by Crippen LogP contribution is 2.43. The lowest BCUT2D eigenvalue weighted by Gasteiger charge is -2.17. The minimum absolute atomic E-state index is 0.388. The van der Waals surface area contributed by atoms with Crippen molar-refractivity contribution >= 4 is 82.7 Å². The lowest BCUT2D eigenvalue weighted by Crippen LogP contribution is -2.03. The van der Waals surface area contributed by atoms with E-state index in [0.717, 1.165) is 67.4 Å². The summed E-state index contributed by atoms with van der Waals surface area (Å²) in [6.45, 7) is 2.36. The Kier molecular flexibility index (Phi) is 6.70. The summed E-state index contributed by atoms with van der Waals surface area (Å²) < 4.78 is 13.6. The largest absolute Gasteiger partial charge is 0.456 e. The average Bonchev–Trinajstić information content (AvgIpc) is 4.02. The molecule has 5 heterocycles. The standard InChI is InChI=1S/C54H36N4O/c1-33-11-9-18-49-53(33)43-30-34(20-24-47(43)58(49)37-22-25-48-44(32-37)54-50(19-10-28-55-54)56(48)36-12-3-2-4-13-36)35-21-26-51-41(29-35)42-31-38(23-27-52(42)59-51)57-45-16-7-5-14-39(45)40-15-6-8-17-46(40)57/h2-10,12-33H,11H2,1H3. The molecule has 5 aromatic heterocycles. The molecule has 13 rings (SSSR count). The van der Waals surface area contributed by atoms with Crippen LogP contribution in [0.25, 0.3) is 111 Å². The summed E-state index contributed by atoms with van der Waals surface area (Å²) in [6, 6.07) is 59.2. The molecule has 5 nitrogen and oxygen atoms in total. The number of rotatable bonds is 4. The van der Waals surface area contributed by atoms with Gasteiger partial charge in [0.2, 0.25) is 0 Å². The van der Waals surface area contributed by atoms with E-state index < -0.39 is 0 Å². The SMILES string of the molecule is CC1CC=Cc2c1c1cc(-c3ccc4oc5ccc(-n6c7ccccc7c7ccccc76)cc5c4c3)ccc1n2-c1ccc2c(c1)c1ncccc1n2-c1ccccc1. The molecule has 1 aliphatic rings. The number of hydrogen-bond donors (Lipinski definition) is 0. The van der Waals surface area contributed by atoms with Crippen LogP contribution < -0.4 is 0 Å². The first-order valence-corrected chi connectivity index (χ1v) is 20.4. The Labute approximate surface area is 339 Å². The van der Waals surface area contributed by atoms with Crippen LogP contribution in [0, 0.1) is 0 Å². The van der Waals surface area contributed by atoms with E-state index in [-0.39, 0.29) is 0 Å². The highest BCUT2D eigenvalue weighted by molar-refractivity contribution is 6.11. The van der Waals surface area contributed by atoms with Gasteiger partial charge in [-0.1, -0.05) is 79.7 Å². The zero-order chi connectivity index (χ0) is 38.8. The number of pyridine rings is 1. The monoisotopic (exact) mass is 756 g/mol. The van der Waals surface area contributed by atoms with Crippen molar-refractivity contribution in [1.29, 1.82) is 0 Å². The first-order valence-electron chi connectivity index (χ1n) is 20.4. The first-order chi connectivity index (χ1) is 29.2. The number of para-hydroxylation sites is 3. The summed E-state index contributed by atoms with van der Waals surface area (Å²) in [6.07, 6.45) is 7.57. The number of fused-ring (bicyclic) bond motifs is 12. The van der Waals surface area contributed by atoms with E-state index in [1.54, 1.807) is 0 Å². The molecular formula is C54H36N4O. The van der Waals surface area contributed by atoms with E-state index in [2.05, 4.69) is 191 Å². The molecule has 12 aromatic rings. The molecule has 0 N–H and O–H groups in total. The molecule has 278 valence electrons. The Balaban J connectivity index is 0.969. The van der Waals surface area contributed by atoms with Gasteiger partial charge >= 0.3 is 0 Å². The molecule has 0 aliphatic heterocycles. The summed E-state index contributed by atoms with van der Waals surface area (Å²) in [5, 5.41) is 7.18. The van der Waals surface area contributed by atoms with Crippen LogP contribution in [0.15, 0.2) is 180 Å². The quantitative estimate of drug-likeness (QED) is 0.179. The van der Waals surface area contributed by atoms with Gasteiger partial charge in [-0.3, -0.25) is 4.98 Å². The van der Waals surface area contributed by atoms with Crippen LogP contribution in [-0.4, -0.2) is 18.7 Å². The first kappa shape index (κ1) is 32.5. The van der Waals surface area contributed by atoms with Gasteiger partial charge in [0.25, 0.3) is 0 Å². The van der Waals surface area contributed by atoms with Gasteiger partial charge in [0, 0.05) is 61.3 Å². The maximum atomic E-state index is 6.46. The molecule has 0 fully saturated rings. The molecule has 0 radical (unpaired) electrons. The van der Waals surface area contributed by atoms with Crippen LogP contribution in [0.1, 0.15) is 30.5 Å². The second-order valence-corrected chi connectivity index (χ2v) is 16.0. The zero-order valence-electron chi connectivity index (χ0n) is 32.3. The van der Waals surface area contributed by atoms with E-state index in [1.807, 2.05) is 12.3 Å². The molecule has 1 unspecified atom stereocenters. The van der Waals surface area contributed by atoms with Crippen molar-refractivity contribution in [3.05, 3.63) is 187 Å². The molecule has 7 aromatic carbocycles. The Morgan fingerprint density at radius 1 is 0.475 bits per heavy atom. The van der Waals surface area contributed by atoms with Crippen molar-refractivity contribution in [2.75, 3.05) is 0 Å². The zero-order valence-corrected chi connectivity index (χ0v) is 32.3. The lowest BCUT2D eigenvalue weighted by molar-refractivity contribution is 0.669. The van der Waals surface area contributed by atoms with Gasteiger partial charge in [-0.05, 0) is 132 Å². The third kappa shape index (κ3) is 4.64. The maximum Gasteiger partial charge on any atom is 0.135 e. The lowest BCUT2D eigenvalue weighted by atomic mass is 9.90. The fraction of sp³-hybridized carbons (Fsp3) is 0.0556. The van der Waals surface area contributed by atoms with E-state index in [4.69, 9.17) is 9.40 Å². The van der Waals surface area contributed by atoms with Crippen molar-refractivity contribution in [3.8, 4) is 28.2 Å². The van der Waals surface area contributed by atoms with Gasteiger partial charge in [-0.2, -0.15) is 0 Å². The van der Waals surface area contributed by atoms with Crippen LogP contribution in [0.4, 0.5) is 0 Å². The van der Waals surface area contributed by atoms with Gasteiger partial charge in [0.1, 0.15) is 11.2 Å². The van der Waals surface area contributed by atoms with Crippen LogP contribution in [0.5, 0.6) is 0 Å². The van der Waals surface area contributed by atoms with Crippen molar-refractivity contribution in [2.45, 2.75) is 19.3 Å². The van der Waals surface area contributed by atoms with Crippen molar-refractivity contribution in [3.63, 3.8) is 0 Å². The molecule has 1 aliphatic carbocycles. The molecule has 59 heavy (non-hydrogen) atoms. The van der Waals surface area contributed by atoms with Crippen LogP contribution in [-0.2, 0) is 0 Å². The fourth-order valence-corrected chi connectivity index (χ4v) is 10.1. The summed E-state index contributed by atoms with van der Waals surface area (Å²) in [7, 11) is 0. The normalized spacial score (nSPS) is 14.2. The number of benzene rings is 7. The number of nitrogens with zero attached hydrogens (tertiary/aromatic N) is 4. The minimum atomic E-state index is 0.388. The second kappa shape index (κ2) is 12.2. The van der Waals surface area contributed by atoms with E-state index in [9.17, 15) is 0 Å². The average molecular weight is 757 g/mol. The Morgan fingerprint density at radius 3 is 1.86 bits per heavy atom. The van der Waals surface area contributed by atoms with E-state index in [1.165, 1.54) is 55.1 Å². The number of furan rings is 1. The Hall–Kier alpha value is -7.63. The van der Waals surface area contributed by atoms with Crippen LogP contribution in [0.3, 0.4) is 0 Å². The third-order valence-electron chi connectivity index (χ3n) is 12.7. The Bertz CT molecular complexity index is 3670. The second-order valence-electron chi connectivity index (χ2n) is 16.0. The molecule has 0 spiro atoms. The van der Waals surface area contributed by atoms with Crippen molar-refractivity contribution in [2.24, 2.45) is 0 Å². The van der Waals surface area contributed by atoms with Crippen LogP contribution >= 0.6 is 0 Å². The van der Waals surface area contributed by atoms with Crippen molar-refractivity contribution < 1.29 is 4.42 Å². The number of hydrogen-bond acceptors (Lipinski definition) is 2. The molecule has 0 bridgehead atoms. The van der Waals surface area contributed by atoms with E-state index >= 15 is 0 Å². The molecule has 5 heteroatoms.